The highest BCUT2D eigenvalue weighted by Gasteiger charge is 2.33. The number of carbonyl (C=O) groups is 3. The molecule has 0 aromatic rings. The molecule has 3 atom stereocenters. The Morgan fingerprint density at radius 2 is 1.45 bits per heavy atom. The zero-order chi connectivity index (χ0) is 17.4. The number of hydrogen-bond donors (Lipinski definition) is 2. The Morgan fingerprint density at radius 1 is 0.955 bits per heavy atom. The van der Waals surface area contributed by atoms with E-state index >= 15 is 0 Å². The summed E-state index contributed by atoms with van der Waals surface area (Å²) in [4.78, 5) is 34.5. The third-order valence-electron chi connectivity index (χ3n) is 3.11. The van der Waals surface area contributed by atoms with Gasteiger partial charge >= 0.3 is 17.9 Å². The summed E-state index contributed by atoms with van der Waals surface area (Å²) in [5, 5.41) is 9.18. The highest BCUT2D eigenvalue weighted by Crippen LogP contribution is 2.17. The van der Waals surface area contributed by atoms with Crippen LogP contribution in [0.4, 0.5) is 0 Å². The number of carboxylic acids is 1. The van der Waals surface area contributed by atoms with E-state index in [4.69, 9.17) is 15.2 Å². The molecular formula is C15H27NO6. The van der Waals surface area contributed by atoms with Gasteiger partial charge in [-0.2, -0.15) is 0 Å². The topological polar surface area (TPSA) is 116 Å². The first-order valence-electron chi connectivity index (χ1n) is 7.45. The lowest BCUT2D eigenvalue weighted by Crippen LogP contribution is -2.44. The molecule has 0 rings (SSSR count). The molecular weight excluding hydrogens is 290 g/mol. The number of aliphatic carboxylic acids is 1. The molecule has 0 heterocycles. The highest BCUT2D eigenvalue weighted by atomic mass is 16.7. The summed E-state index contributed by atoms with van der Waals surface area (Å²) in [6, 6.07) is -1.29. The molecule has 0 aliphatic carbocycles. The quantitative estimate of drug-likeness (QED) is 0.489. The van der Waals surface area contributed by atoms with Crippen LogP contribution in [0.25, 0.3) is 0 Å². The summed E-state index contributed by atoms with van der Waals surface area (Å²) in [6.07, 6.45) is -0.188. The van der Waals surface area contributed by atoms with Gasteiger partial charge in [0.05, 0.1) is 11.8 Å². The van der Waals surface area contributed by atoms with Crippen molar-refractivity contribution in [2.45, 2.75) is 59.8 Å². The van der Waals surface area contributed by atoms with Crippen LogP contribution in [-0.4, -0.2) is 35.3 Å². The molecule has 0 spiro atoms. The first-order valence-corrected chi connectivity index (χ1v) is 7.45. The normalized spacial score (nSPS) is 15.3. The molecule has 3 N–H and O–H groups in total. The molecule has 0 aromatic heterocycles. The van der Waals surface area contributed by atoms with Gasteiger partial charge in [0, 0.05) is 6.92 Å². The second-order valence-electron chi connectivity index (χ2n) is 6.04. The minimum Gasteiger partial charge on any atom is -0.481 e. The minimum atomic E-state index is -1.29. The summed E-state index contributed by atoms with van der Waals surface area (Å²) >= 11 is 0. The third-order valence-corrected chi connectivity index (χ3v) is 3.11. The Hall–Kier alpha value is -1.63. The molecule has 0 aliphatic rings. The summed E-state index contributed by atoms with van der Waals surface area (Å²) in [5.41, 5.74) is 5.69. The van der Waals surface area contributed by atoms with Crippen LogP contribution in [0.1, 0.15) is 47.5 Å². The van der Waals surface area contributed by atoms with Crippen molar-refractivity contribution in [3.05, 3.63) is 0 Å². The Bertz CT molecular complexity index is 393. The van der Waals surface area contributed by atoms with Crippen LogP contribution >= 0.6 is 0 Å². The first-order chi connectivity index (χ1) is 10.1. The summed E-state index contributed by atoms with van der Waals surface area (Å²) in [5.74, 6) is -3.62. The van der Waals surface area contributed by atoms with Gasteiger partial charge in [0.25, 0.3) is 0 Å². The number of carbonyl (C=O) groups excluding carboxylic acids is 2. The fourth-order valence-corrected chi connectivity index (χ4v) is 1.70. The van der Waals surface area contributed by atoms with Gasteiger partial charge in [-0.1, -0.05) is 34.1 Å². The van der Waals surface area contributed by atoms with Crippen LogP contribution < -0.4 is 5.73 Å². The maximum atomic E-state index is 11.9. The van der Waals surface area contributed by atoms with Gasteiger partial charge < -0.3 is 20.3 Å². The van der Waals surface area contributed by atoms with Crippen LogP contribution in [0.5, 0.6) is 0 Å². The van der Waals surface area contributed by atoms with Gasteiger partial charge in [0.1, 0.15) is 6.04 Å². The standard InChI is InChI=1S/C15H27NO6/c1-8(2)6-7-11(13(17)18)12(16)15(20)22-10(5)21-14(19)9(3)4/h8-12H,6-7,16H2,1-5H3,(H,17,18). The number of esters is 2. The molecule has 0 radical (unpaired) electrons. The van der Waals surface area contributed by atoms with Crippen LogP contribution in [0.2, 0.25) is 0 Å². The summed E-state index contributed by atoms with van der Waals surface area (Å²) in [7, 11) is 0. The van der Waals surface area contributed by atoms with Crippen LogP contribution in [0.3, 0.4) is 0 Å². The fraction of sp³-hybridized carbons (Fsp3) is 0.800. The van der Waals surface area contributed by atoms with Crippen molar-refractivity contribution in [3.63, 3.8) is 0 Å². The second kappa shape index (κ2) is 9.40. The molecule has 0 bridgehead atoms. The number of nitrogens with two attached hydrogens (primary N) is 1. The highest BCUT2D eigenvalue weighted by molar-refractivity contribution is 5.83. The molecule has 128 valence electrons. The third kappa shape index (κ3) is 7.40. The van der Waals surface area contributed by atoms with E-state index in [-0.39, 0.29) is 12.3 Å². The SMILES string of the molecule is CC(C)CCC(C(=O)O)C(N)C(=O)OC(C)OC(=O)C(C)C. The van der Waals surface area contributed by atoms with Gasteiger partial charge in [0.2, 0.25) is 6.29 Å². The molecule has 0 aliphatic heterocycles. The number of rotatable bonds is 9. The van der Waals surface area contributed by atoms with Crippen LogP contribution in [0.15, 0.2) is 0 Å². The molecule has 0 saturated heterocycles. The monoisotopic (exact) mass is 317 g/mol. The molecule has 0 fully saturated rings. The average Bonchev–Trinajstić information content (AvgIpc) is 2.37. The van der Waals surface area contributed by atoms with E-state index in [0.717, 1.165) is 0 Å². The lowest BCUT2D eigenvalue weighted by Gasteiger charge is -2.22. The van der Waals surface area contributed by atoms with E-state index in [9.17, 15) is 19.5 Å². The van der Waals surface area contributed by atoms with Crippen molar-refractivity contribution < 1.29 is 29.0 Å². The predicted octanol–water partition coefficient (Wildman–Crippen LogP) is 1.54. The van der Waals surface area contributed by atoms with E-state index in [2.05, 4.69) is 0 Å². The summed E-state index contributed by atoms with van der Waals surface area (Å²) < 4.78 is 9.79. The van der Waals surface area contributed by atoms with E-state index in [1.54, 1.807) is 13.8 Å². The van der Waals surface area contributed by atoms with Gasteiger partial charge in [-0.05, 0) is 12.3 Å². The molecule has 0 saturated carbocycles. The maximum Gasteiger partial charge on any atom is 0.326 e. The number of carboxylic acid groups (broad SMARTS) is 1. The van der Waals surface area contributed by atoms with Gasteiger partial charge in [-0.15, -0.1) is 0 Å². The fourth-order valence-electron chi connectivity index (χ4n) is 1.70. The van der Waals surface area contributed by atoms with Crippen molar-refractivity contribution in [1.29, 1.82) is 0 Å². The zero-order valence-corrected chi connectivity index (χ0v) is 13.9. The molecule has 0 amide bonds. The van der Waals surface area contributed by atoms with Crippen molar-refractivity contribution in [3.8, 4) is 0 Å². The Morgan fingerprint density at radius 3 is 1.86 bits per heavy atom. The van der Waals surface area contributed by atoms with Crippen LogP contribution in [0, 0.1) is 17.8 Å². The van der Waals surface area contributed by atoms with E-state index < -0.39 is 36.2 Å². The number of hydrogen-bond acceptors (Lipinski definition) is 6. The Balaban J connectivity index is 4.59. The second-order valence-corrected chi connectivity index (χ2v) is 6.04. The number of ether oxygens (including phenoxy) is 2. The molecule has 0 aromatic carbocycles. The van der Waals surface area contributed by atoms with Crippen molar-refractivity contribution >= 4 is 17.9 Å². The van der Waals surface area contributed by atoms with Gasteiger partial charge in [-0.3, -0.25) is 14.4 Å². The largest absolute Gasteiger partial charge is 0.481 e. The van der Waals surface area contributed by atoms with E-state index in [1.165, 1.54) is 6.92 Å². The smallest absolute Gasteiger partial charge is 0.326 e. The lowest BCUT2D eigenvalue weighted by atomic mass is 9.92. The predicted molar refractivity (Wildman–Crippen MR) is 79.7 cm³/mol. The van der Waals surface area contributed by atoms with Crippen molar-refractivity contribution in [2.75, 3.05) is 0 Å². The van der Waals surface area contributed by atoms with E-state index in [0.29, 0.717) is 12.3 Å². The lowest BCUT2D eigenvalue weighted by molar-refractivity contribution is -0.189. The Labute approximate surface area is 131 Å². The van der Waals surface area contributed by atoms with E-state index in [1.807, 2.05) is 13.8 Å². The van der Waals surface area contributed by atoms with Crippen molar-refractivity contribution in [2.24, 2.45) is 23.5 Å². The first kappa shape index (κ1) is 20.4. The molecule has 7 heteroatoms. The van der Waals surface area contributed by atoms with Gasteiger partial charge in [-0.25, -0.2) is 0 Å². The summed E-state index contributed by atoms with van der Waals surface area (Å²) in [6.45, 7) is 8.59. The average molecular weight is 317 g/mol. The van der Waals surface area contributed by atoms with Crippen LogP contribution in [-0.2, 0) is 23.9 Å². The molecule has 22 heavy (non-hydrogen) atoms. The maximum absolute atomic E-state index is 11.9. The molecule has 7 nitrogen and oxygen atoms in total. The van der Waals surface area contributed by atoms with Crippen molar-refractivity contribution in [1.82, 2.24) is 0 Å². The minimum absolute atomic E-state index is 0.281. The molecule has 3 unspecified atom stereocenters. The zero-order valence-electron chi connectivity index (χ0n) is 13.9. The Kier molecular flexibility index (Phi) is 8.70. The van der Waals surface area contributed by atoms with Gasteiger partial charge in [0.15, 0.2) is 0 Å².